The van der Waals surface area contributed by atoms with Crippen molar-refractivity contribution in [2.75, 3.05) is 0 Å². The van der Waals surface area contributed by atoms with Crippen molar-refractivity contribution in [3.05, 3.63) is 93.6 Å². The number of hydrogen-bond acceptors (Lipinski definition) is 5. The number of fused-ring (bicyclic) bond motifs is 3. The Kier molecular flexibility index (Phi) is 4.68. The molecule has 0 aliphatic carbocycles. The van der Waals surface area contributed by atoms with Crippen molar-refractivity contribution in [1.29, 1.82) is 0 Å². The van der Waals surface area contributed by atoms with Crippen LogP contribution in [-0.2, 0) is 24.4 Å². The predicted octanol–water partition coefficient (Wildman–Crippen LogP) is 4.05. The summed E-state index contributed by atoms with van der Waals surface area (Å²) in [4.78, 5) is 5.21. The summed E-state index contributed by atoms with van der Waals surface area (Å²) in [5.74, 6) is 8.35. The molecule has 142 valence electrons. The third kappa shape index (κ3) is 3.46. The van der Waals surface area contributed by atoms with E-state index in [1.165, 1.54) is 16.7 Å². The molecule has 3 aromatic heterocycles. The lowest BCUT2D eigenvalue weighted by Crippen LogP contribution is -2.00. The minimum absolute atomic E-state index is 0.462. The second-order valence-electron chi connectivity index (χ2n) is 6.84. The van der Waals surface area contributed by atoms with Crippen LogP contribution in [0.5, 0.6) is 0 Å². The highest BCUT2D eigenvalue weighted by molar-refractivity contribution is 7.15. The van der Waals surface area contributed by atoms with Crippen molar-refractivity contribution < 1.29 is 4.74 Å². The van der Waals surface area contributed by atoms with Gasteiger partial charge in [0.1, 0.15) is 17.4 Å². The number of ether oxygens (including phenoxy) is 1. The van der Waals surface area contributed by atoms with Gasteiger partial charge in [-0.1, -0.05) is 42.2 Å². The Balaban J connectivity index is 1.67. The fourth-order valence-electron chi connectivity index (χ4n) is 3.48. The monoisotopic (exact) mass is 398 g/mol. The highest BCUT2D eigenvalue weighted by Crippen LogP contribution is 2.36. The fraction of sp³-hybridized carbons (Fsp3) is 0.174. The molecule has 0 radical (unpaired) electrons. The molecule has 0 fully saturated rings. The van der Waals surface area contributed by atoms with Crippen LogP contribution in [0.3, 0.4) is 0 Å². The zero-order valence-electron chi connectivity index (χ0n) is 15.9. The molecule has 5 nitrogen and oxygen atoms in total. The number of nitrogens with zero attached hydrogens (tertiary/aromatic N) is 4. The number of thiophene rings is 1. The molecule has 6 heteroatoms. The number of aryl methyl sites for hydroxylation is 1. The number of hydrogen-bond donors (Lipinski definition) is 0. The van der Waals surface area contributed by atoms with Crippen LogP contribution in [0.4, 0.5) is 0 Å². The quantitative estimate of drug-likeness (QED) is 0.478. The highest BCUT2D eigenvalue weighted by atomic mass is 32.1. The first-order valence-corrected chi connectivity index (χ1v) is 10.2. The van der Waals surface area contributed by atoms with Crippen LogP contribution in [-0.4, -0.2) is 19.7 Å². The molecular weight excluding hydrogens is 380 g/mol. The standard InChI is InChI=1S/C23H18N4OS/c1-16-25-26-22-15-28-14-20-19(12-17-6-3-2-4-7-17)21(29-23(20)27(16)22)10-9-18-8-5-11-24-13-18/h2-8,11,13H,12,14-15H2,1H3. The smallest absolute Gasteiger partial charge is 0.164 e. The minimum Gasteiger partial charge on any atom is -0.369 e. The third-order valence-corrected chi connectivity index (χ3v) is 6.05. The van der Waals surface area contributed by atoms with E-state index >= 15 is 0 Å². The molecule has 1 aliphatic heterocycles. The van der Waals surface area contributed by atoms with Gasteiger partial charge in [0.25, 0.3) is 0 Å². The van der Waals surface area contributed by atoms with E-state index < -0.39 is 0 Å². The second kappa shape index (κ2) is 7.63. The van der Waals surface area contributed by atoms with Gasteiger partial charge >= 0.3 is 0 Å². The number of aromatic nitrogens is 4. The van der Waals surface area contributed by atoms with Crippen LogP contribution in [0.1, 0.15) is 38.8 Å². The van der Waals surface area contributed by atoms with E-state index in [9.17, 15) is 0 Å². The largest absolute Gasteiger partial charge is 0.369 e. The Morgan fingerprint density at radius 3 is 2.79 bits per heavy atom. The average Bonchev–Trinajstić information content (AvgIpc) is 3.22. The van der Waals surface area contributed by atoms with Gasteiger partial charge in [-0.25, -0.2) is 0 Å². The van der Waals surface area contributed by atoms with Crippen LogP contribution < -0.4 is 0 Å². The maximum atomic E-state index is 5.94. The van der Waals surface area contributed by atoms with Gasteiger partial charge in [0.2, 0.25) is 0 Å². The lowest BCUT2D eigenvalue weighted by molar-refractivity contribution is 0.104. The summed E-state index contributed by atoms with van der Waals surface area (Å²) in [6, 6.07) is 14.3. The molecule has 29 heavy (non-hydrogen) atoms. The fourth-order valence-corrected chi connectivity index (χ4v) is 4.73. The van der Waals surface area contributed by atoms with Crippen LogP contribution in [0.2, 0.25) is 0 Å². The molecule has 0 N–H and O–H groups in total. The third-order valence-electron chi connectivity index (χ3n) is 4.87. The predicted molar refractivity (Wildman–Crippen MR) is 112 cm³/mol. The lowest BCUT2D eigenvalue weighted by atomic mass is 10.0. The Morgan fingerprint density at radius 2 is 1.97 bits per heavy atom. The molecule has 0 amide bonds. The summed E-state index contributed by atoms with van der Waals surface area (Å²) in [6.45, 7) is 2.98. The summed E-state index contributed by atoms with van der Waals surface area (Å²) < 4.78 is 8.05. The Morgan fingerprint density at radius 1 is 1.07 bits per heavy atom. The van der Waals surface area contributed by atoms with Gasteiger partial charge in [-0.05, 0) is 36.6 Å². The molecule has 4 heterocycles. The normalized spacial score (nSPS) is 12.4. The van der Waals surface area contributed by atoms with E-state index in [0.717, 1.165) is 33.5 Å². The van der Waals surface area contributed by atoms with Crippen LogP contribution in [0.25, 0.3) is 5.00 Å². The molecular formula is C23H18N4OS. The summed E-state index contributed by atoms with van der Waals surface area (Å²) >= 11 is 1.68. The van der Waals surface area contributed by atoms with Gasteiger partial charge < -0.3 is 4.74 Å². The molecule has 0 bridgehead atoms. The van der Waals surface area contributed by atoms with Crippen LogP contribution in [0, 0.1) is 18.8 Å². The van der Waals surface area contributed by atoms with Gasteiger partial charge in [-0.2, -0.15) is 0 Å². The van der Waals surface area contributed by atoms with E-state index in [2.05, 4.69) is 55.9 Å². The van der Waals surface area contributed by atoms with Crippen molar-refractivity contribution >= 4 is 11.3 Å². The van der Waals surface area contributed by atoms with Crippen molar-refractivity contribution in [3.8, 4) is 16.8 Å². The van der Waals surface area contributed by atoms with Gasteiger partial charge in [-0.15, -0.1) is 21.5 Å². The van der Waals surface area contributed by atoms with E-state index in [1.54, 1.807) is 23.7 Å². The van der Waals surface area contributed by atoms with E-state index in [4.69, 9.17) is 4.74 Å². The molecule has 0 spiro atoms. The lowest BCUT2D eigenvalue weighted by Gasteiger charge is -2.06. The maximum Gasteiger partial charge on any atom is 0.164 e. The Labute approximate surface area is 173 Å². The van der Waals surface area contributed by atoms with E-state index in [1.807, 2.05) is 25.1 Å². The molecule has 0 unspecified atom stereocenters. The molecule has 0 saturated heterocycles. The van der Waals surface area contributed by atoms with E-state index in [-0.39, 0.29) is 0 Å². The first-order chi connectivity index (χ1) is 14.3. The number of rotatable bonds is 2. The van der Waals surface area contributed by atoms with E-state index in [0.29, 0.717) is 13.2 Å². The molecule has 0 atom stereocenters. The molecule has 1 aromatic carbocycles. The number of pyridine rings is 1. The zero-order chi connectivity index (χ0) is 19.6. The zero-order valence-corrected chi connectivity index (χ0v) is 16.7. The van der Waals surface area contributed by atoms with Gasteiger partial charge in [0.05, 0.1) is 11.5 Å². The van der Waals surface area contributed by atoms with Crippen molar-refractivity contribution in [3.63, 3.8) is 0 Å². The SMILES string of the molecule is Cc1nnc2n1-c1sc(C#Cc3cccnc3)c(Cc3ccccc3)c1COC2. The molecule has 5 rings (SSSR count). The van der Waals surface area contributed by atoms with Crippen molar-refractivity contribution in [1.82, 2.24) is 19.7 Å². The van der Waals surface area contributed by atoms with Crippen molar-refractivity contribution in [2.24, 2.45) is 0 Å². The second-order valence-corrected chi connectivity index (χ2v) is 7.84. The van der Waals surface area contributed by atoms with Crippen LogP contribution in [0.15, 0.2) is 54.9 Å². The number of benzene rings is 1. The summed E-state index contributed by atoms with van der Waals surface area (Å²) in [5.41, 5.74) is 4.55. The van der Waals surface area contributed by atoms with Gasteiger partial charge in [0, 0.05) is 23.5 Å². The first-order valence-electron chi connectivity index (χ1n) is 9.39. The average molecular weight is 398 g/mol. The summed E-state index contributed by atoms with van der Waals surface area (Å²) in [5, 5.41) is 9.65. The summed E-state index contributed by atoms with van der Waals surface area (Å²) in [6.07, 6.45) is 4.35. The topological polar surface area (TPSA) is 52.8 Å². The Hall–Kier alpha value is -3.27. The summed E-state index contributed by atoms with van der Waals surface area (Å²) in [7, 11) is 0. The van der Waals surface area contributed by atoms with Gasteiger partial charge in [-0.3, -0.25) is 9.55 Å². The Bertz CT molecular complexity index is 1220. The molecule has 1 aliphatic rings. The highest BCUT2D eigenvalue weighted by Gasteiger charge is 2.25. The van der Waals surface area contributed by atoms with Crippen molar-refractivity contribution in [2.45, 2.75) is 26.6 Å². The molecule has 0 saturated carbocycles. The minimum atomic E-state index is 0.462. The molecule has 4 aromatic rings. The first kappa shape index (κ1) is 17.8. The van der Waals surface area contributed by atoms with Crippen LogP contribution >= 0.6 is 11.3 Å². The maximum absolute atomic E-state index is 5.94. The van der Waals surface area contributed by atoms with Gasteiger partial charge in [0.15, 0.2) is 5.82 Å².